The van der Waals surface area contributed by atoms with Crippen molar-refractivity contribution in [2.24, 2.45) is 0 Å². The normalized spacial score (nSPS) is 16.6. The smallest absolute Gasteiger partial charge is 0.409 e. The Morgan fingerprint density at radius 1 is 1.25 bits per heavy atom. The predicted octanol–water partition coefficient (Wildman–Crippen LogP) is 3.09. The van der Waals surface area contributed by atoms with Gasteiger partial charge in [0.25, 0.3) is 0 Å². The van der Waals surface area contributed by atoms with Gasteiger partial charge >= 0.3 is 6.09 Å². The number of anilines is 1. The maximum Gasteiger partial charge on any atom is 0.409 e. The number of halogens is 2. The second-order valence-electron chi connectivity index (χ2n) is 5.49. The molecule has 1 heterocycles. The van der Waals surface area contributed by atoms with Gasteiger partial charge in [-0.15, -0.1) is 0 Å². The van der Waals surface area contributed by atoms with Crippen LogP contribution in [-0.2, 0) is 9.53 Å². The largest absolute Gasteiger partial charge is 0.450 e. The Balaban J connectivity index is 1.90. The van der Waals surface area contributed by atoms with Crippen LogP contribution in [0.15, 0.2) is 18.2 Å². The lowest BCUT2D eigenvalue weighted by atomic mass is 10.2. The number of hydrogen-bond donors (Lipinski definition) is 1. The number of piperazine rings is 1. The lowest BCUT2D eigenvalue weighted by Crippen LogP contribution is -2.54. The van der Waals surface area contributed by atoms with Gasteiger partial charge in [0.15, 0.2) is 0 Å². The summed E-state index contributed by atoms with van der Waals surface area (Å²) in [6, 6.07) is 4.76. The molecule has 0 aromatic heterocycles. The first kappa shape index (κ1) is 18.8. The molecule has 1 saturated heterocycles. The molecule has 0 saturated carbocycles. The quantitative estimate of drug-likeness (QED) is 0.880. The van der Waals surface area contributed by atoms with Crippen molar-refractivity contribution in [2.75, 3.05) is 38.1 Å². The average Bonchev–Trinajstić information content (AvgIpc) is 2.58. The summed E-state index contributed by atoms with van der Waals surface area (Å²) < 4.78 is 4.99. The molecule has 1 fully saturated rings. The van der Waals surface area contributed by atoms with Gasteiger partial charge in [-0.2, -0.15) is 0 Å². The zero-order chi connectivity index (χ0) is 17.7. The van der Waals surface area contributed by atoms with Crippen LogP contribution in [0.4, 0.5) is 10.5 Å². The second kappa shape index (κ2) is 8.55. The average molecular weight is 374 g/mol. The van der Waals surface area contributed by atoms with Crippen molar-refractivity contribution in [3.63, 3.8) is 0 Å². The van der Waals surface area contributed by atoms with E-state index in [2.05, 4.69) is 5.32 Å². The van der Waals surface area contributed by atoms with Crippen LogP contribution < -0.4 is 5.32 Å². The minimum Gasteiger partial charge on any atom is -0.450 e. The zero-order valence-electron chi connectivity index (χ0n) is 13.7. The van der Waals surface area contributed by atoms with Crippen LogP contribution in [-0.4, -0.2) is 60.6 Å². The van der Waals surface area contributed by atoms with E-state index in [1.54, 1.807) is 30.0 Å². The van der Waals surface area contributed by atoms with Gasteiger partial charge in [0.05, 0.1) is 28.4 Å². The maximum absolute atomic E-state index is 12.4. The number of nitrogens with zero attached hydrogens (tertiary/aromatic N) is 2. The Hall–Kier alpha value is -1.50. The SMILES string of the molecule is CCOC(=O)N1CCN(C(C)C(=O)Nc2cccc(Cl)c2Cl)CC1. The summed E-state index contributed by atoms with van der Waals surface area (Å²) >= 11 is 12.0. The monoisotopic (exact) mass is 373 g/mol. The van der Waals surface area contributed by atoms with E-state index >= 15 is 0 Å². The zero-order valence-corrected chi connectivity index (χ0v) is 15.2. The van der Waals surface area contributed by atoms with Gasteiger partial charge in [-0.3, -0.25) is 9.69 Å². The molecule has 1 unspecified atom stereocenters. The van der Waals surface area contributed by atoms with Crippen molar-refractivity contribution >= 4 is 40.9 Å². The first-order valence-electron chi connectivity index (χ1n) is 7.84. The fourth-order valence-electron chi connectivity index (χ4n) is 2.51. The standard InChI is InChI=1S/C16H21Cl2N3O3/c1-3-24-16(23)21-9-7-20(8-10-21)11(2)15(22)19-13-6-4-5-12(17)14(13)18/h4-6,11H,3,7-10H2,1-2H3,(H,19,22). The lowest BCUT2D eigenvalue weighted by Gasteiger charge is -2.36. The number of carbonyl (C=O) groups is 2. The Morgan fingerprint density at radius 2 is 1.92 bits per heavy atom. The Kier molecular flexibility index (Phi) is 6.71. The van der Waals surface area contributed by atoms with E-state index in [0.717, 1.165) is 0 Å². The molecule has 24 heavy (non-hydrogen) atoms. The van der Waals surface area contributed by atoms with E-state index in [0.29, 0.717) is 48.5 Å². The highest BCUT2D eigenvalue weighted by atomic mass is 35.5. The van der Waals surface area contributed by atoms with Gasteiger partial charge in [-0.1, -0.05) is 29.3 Å². The van der Waals surface area contributed by atoms with Gasteiger partial charge in [-0.25, -0.2) is 4.79 Å². The number of hydrogen-bond acceptors (Lipinski definition) is 4. The van der Waals surface area contributed by atoms with Crippen molar-refractivity contribution < 1.29 is 14.3 Å². The first-order valence-corrected chi connectivity index (χ1v) is 8.60. The molecule has 1 aliphatic heterocycles. The molecule has 0 radical (unpaired) electrons. The molecule has 1 atom stereocenters. The fraction of sp³-hybridized carbons (Fsp3) is 0.500. The molecule has 0 spiro atoms. The Labute approximate surface area is 151 Å². The van der Waals surface area contributed by atoms with Gasteiger partial charge in [0.1, 0.15) is 0 Å². The predicted molar refractivity (Wildman–Crippen MR) is 94.7 cm³/mol. The van der Waals surface area contributed by atoms with Crippen LogP contribution in [0.25, 0.3) is 0 Å². The molecule has 0 bridgehead atoms. The van der Waals surface area contributed by atoms with Gasteiger partial charge in [0, 0.05) is 26.2 Å². The summed E-state index contributed by atoms with van der Waals surface area (Å²) in [7, 11) is 0. The number of amides is 2. The number of carbonyl (C=O) groups excluding carboxylic acids is 2. The van der Waals surface area contributed by atoms with E-state index in [1.807, 2.05) is 11.8 Å². The van der Waals surface area contributed by atoms with E-state index in [9.17, 15) is 9.59 Å². The molecule has 1 aromatic carbocycles. The van der Waals surface area contributed by atoms with E-state index < -0.39 is 0 Å². The second-order valence-corrected chi connectivity index (χ2v) is 6.27. The first-order chi connectivity index (χ1) is 11.4. The van der Waals surface area contributed by atoms with Crippen LogP contribution in [0, 0.1) is 0 Å². The van der Waals surface area contributed by atoms with Crippen molar-refractivity contribution in [1.82, 2.24) is 9.80 Å². The van der Waals surface area contributed by atoms with Crippen molar-refractivity contribution in [1.29, 1.82) is 0 Å². The maximum atomic E-state index is 12.4. The van der Waals surface area contributed by atoms with Crippen molar-refractivity contribution in [3.8, 4) is 0 Å². The minimum atomic E-state index is -0.343. The van der Waals surface area contributed by atoms with Crippen LogP contribution in [0.3, 0.4) is 0 Å². The number of benzene rings is 1. The molecule has 8 heteroatoms. The fourth-order valence-corrected chi connectivity index (χ4v) is 2.86. The Morgan fingerprint density at radius 3 is 2.54 bits per heavy atom. The Bertz CT molecular complexity index is 604. The van der Waals surface area contributed by atoms with Gasteiger partial charge in [0.2, 0.25) is 5.91 Å². The topological polar surface area (TPSA) is 61.9 Å². The van der Waals surface area contributed by atoms with E-state index in [1.165, 1.54) is 0 Å². The number of rotatable bonds is 4. The number of ether oxygens (including phenoxy) is 1. The highest BCUT2D eigenvalue weighted by Crippen LogP contribution is 2.29. The van der Waals surface area contributed by atoms with Crippen LogP contribution in [0.1, 0.15) is 13.8 Å². The molecule has 0 aliphatic carbocycles. The summed E-state index contributed by atoms with van der Waals surface area (Å²) in [5.74, 6) is -0.163. The third-order valence-electron chi connectivity index (χ3n) is 3.98. The molecule has 2 rings (SSSR count). The number of nitrogens with one attached hydrogen (secondary N) is 1. The molecule has 132 valence electrons. The molecule has 6 nitrogen and oxygen atoms in total. The summed E-state index contributed by atoms with van der Waals surface area (Å²) in [5, 5.41) is 3.52. The summed E-state index contributed by atoms with van der Waals surface area (Å²) in [6.07, 6.45) is -0.306. The van der Waals surface area contributed by atoms with Gasteiger partial charge < -0.3 is 15.0 Å². The minimum absolute atomic E-state index is 0.163. The van der Waals surface area contributed by atoms with Crippen LogP contribution in [0.2, 0.25) is 10.0 Å². The van der Waals surface area contributed by atoms with E-state index in [-0.39, 0.29) is 18.0 Å². The highest BCUT2D eigenvalue weighted by Gasteiger charge is 2.28. The molecular weight excluding hydrogens is 353 g/mol. The summed E-state index contributed by atoms with van der Waals surface area (Å²) in [4.78, 5) is 27.8. The molecule has 1 aliphatic rings. The third kappa shape index (κ3) is 4.53. The molecule has 2 amide bonds. The van der Waals surface area contributed by atoms with Crippen LogP contribution >= 0.6 is 23.2 Å². The summed E-state index contributed by atoms with van der Waals surface area (Å²) in [6.45, 7) is 6.25. The van der Waals surface area contributed by atoms with E-state index in [4.69, 9.17) is 27.9 Å². The van der Waals surface area contributed by atoms with Crippen LogP contribution in [0.5, 0.6) is 0 Å². The lowest BCUT2D eigenvalue weighted by molar-refractivity contribution is -0.121. The highest BCUT2D eigenvalue weighted by molar-refractivity contribution is 6.44. The molecule has 1 aromatic rings. The van der Waals surface area contributed by atoms with Crippen molar-refractivity contribution in [3.05, 3.63) is 28.2 Å². The third-order valence-corrected chi connectivity index (χ3v) is 4.80. The summed E-state index contributed by atoms with van der Waals surface area (Å²) in [5.41, 5.74) is 0.492. The molecular formula is C16H21Cl2N3O3. The van der Waals surface area contributed by atoms with Crippen molar-refractivity contribution in [2.45, 2.75) is 19.9 Å². The van der Waals surface area contributed by atoms with Gasteiger partial charge in [-0.05, 0) is 26.0 Å². The molecule has 1 N–H and O–H groups in total.